The number of benzene rings is 1. The number of hydrogen-bond donors (Lipinski definition) is 1. The molecule has 7 heteroatoms. The van der Waals surface area contributed by atoms with E-state index in [2.05, 4.69) is 26.2 Å². The largest absolute Gasteiger partial charge is 0.320 e. The molecule has 0 fully saturated rings. The minimum atomic E-state index is -0.542. The number of rotatable bonds is 3. The second-order valence-electron chi connectivity index (χ2n) is 4.44. The number of aryl methyl sites for hydroxylation is 2. The topological polar surface area (TPSA) is 85.1 Å². The van der Waals surface area contributed by atoms with Gasteiger partial charge in [-0.3, -0.25) is 19.9 Å². The van der Waals surface area contributed by atoms with E-state index in [1.807, 2.05) is 6.92 Å². The standard InChI is InChI=1S/C14H12BrN3O3/c1-8-6-7-11(9(2)16-8)17-14(19)10-4-3-5-12(13(10)15)18(20)21/h3-7H,1-2H3,(H,17,19). The smallest absolute Gasteiger partial charge is 0.284 e. The second kappa shape index (κ2) is 6.01. The third-order valence-electron chi connectivity index (χ3n) is 2.89. The number of hydrogen-bond acceptors (Lipinski definition) is 4. The number of nitro benzene ring substituents is 1. The molecule has 1 N–H and O–H groups in total. The van der Waals surface area contributed by atoms with Gasteiger partial charge in [0.1, 0.15) is 4.47 Å². The van der Waals surface area contributed by atoms with Crippen molar-refractivity contribution in [3.8, 4) is 0 Å². The first-order chi connectivity index (χ1) is 9.90. The number of pyridine rings is 1. The van der Waals surface area contributed by atoms with Gasteiger partial charge in [0.05, 0.1) is 21.9 Å². The van der Waals surface area contributed by atoms with E-state index >= 15 is 0 Å². The van der Waals surface area contributed by atoms with Gasteiger partial charge in [-0.2, -0.15) is 0 Å². The van der Waals surface area contributed by atoms with Crippen LogP contribution in [0.15, 0.2) is 34.8 Å². The molecule has 0 radical (unpaired) electrons. The van der Waals surface area contributed by atoms with Crippen LogP contribution in [0.5, 0.6) is 0 Å². The number of carbonyl (C=O) groups is 1. The Morgan fingerprint density at radius 1 is 1.29 bits per heavy atom. The van der Waals surface area contributed by atoms with Crippen LogP contribution in [0.4, 0.5) is 11.4 Å². The van der Waals surface area contributed by atoms with Crippen LogP contribution in [0, 0.1) is 24.0 Å². The van der Waals surface area contributed by atoms with E-state index < -0.39 is 10.8 Å². The van der Waals surface area contributed by atoms with Crippen molar-refractivity contribution in [2.24, 2.45) is 0 Å². The third kappa shape index (κ3) is 3.25. The molecule has 1 heterocycles. The van der Waals surface area contributed by atoms with Crippen LogP contribution in [0.1, 0.15) is 21.7 Å². The van der Waals surface area contributed by atoms with Gasteiger partial charge >= 0.3 is 0 Å². The Labute approximate surface area is 129 Å². The van der Waals surface area contributed by atoms with Crippen LogP contribution in [-0.4, -0.2) is 15.8 Å². The quantitative estimate of drug-likeness (QED) is 0.677. The summed E-state index contributed by atoms with van der Waals surface area (Å²) in [5.74, 6) is -0.431. The minimum Gasteiger partial charge on any atom is -0.320 e. The third-order valence-corrected chi connectivity index (χ3v) is 3.73. The molecular weight excluding hydrogens is 338 g/mol. The minimum absolute atomic E-state index is 0.151. The van der Waals surface area contributed by atoms with Crippen molar-refractivity contribution in [3.05, 3.63) is 61.9 Å². The first-order valence-electron chi connectivity index (χ1n) is 6.08. The van der Waals surface area contributed by atoms with Crippen molar-refractivity contribution in [2.75, 3.05) is 5.32 Å². The molecule has 0 saturated heterocycles. The normalized spacial score (nSPS) is 10.2. The van der Waals surface area contributed by atoms with Gasteiger partial charge in [-0.25, -0.2) is 0 Å². The lowest BCUT2D eigenvalue weighted by atomic mass is 10.2. The van der Waals surface area contributed by atoms with E-state index in [9.17, 15) is 14.9 Å². The molecular formula is C14H12BrN3O3. The second-order valence-corrected chi connectivity index (χ2v) is 5.23. The Morgan fingerprint density at radius 3 is 2.62 bits per heavy atom. The van der Waals surface area contributed by atoms with Crippen LogP contribution in [0.25, 0.3) is 0 Å². The van der Waals surface area contributed by atoms with Gasteiger partial charge < -0.3 is 5.32 Å². The summed E-state index contributed by atoms with van der Waals surface area (Å²) in [4.78, 5) is 26.8. The van der Waals surface area contributed by atoms with Crippen molar-refractivity contribution >= 4 is 33.2 Å². The number of aromatic nitrogens is 1. The lowest BCUT2D eigenvalue weighted by molar-refractivity contribution is -0.385. The first kappa shape index (κ1) is 15.1. The molecule has 2 aromatic rings. The summed E-state index contributed by atoms with van der Waals surface area (Å²) in [5, 5.41) is 13.6. The fraction of sp³-hybridized carbons (Fsp3) is 0.143. The average Bonchev–Trinajstić information content (AvgIpc) is 2.41. The summed E-state index contributed by atoms with van der Waals surface area (Å²) in [5.41, 5.74) is 2.15. The molecule has 2 rings (SSSR count). The van der Waals surface area contributed by atoms with Gasteiger partial charge in [0.2, 0.25) is 0 Å². The molecule has 0 unspecified atom stereocenters. The fourth-order valence-corrected chi connectivity index (χ4v) is 2.43. The van der Waals surface area contributed by atoms with E-state index in [-0.39, 0.29) is 15.7 Å². The molecule has 0 aliphatic rings. The van der Waals surface area contributed by atoms with E-state index in [1.165, 1.54) is 18.2 Å². The van der Waals surface area contributed by atoms with Crippen LogP contribution in [0.2, 0.25) is 0 Å². The monoisotopic (exact) mass is 349 g/mol. The summed E-state index contributed by atoms with van der Waals surface area (Å²) < 4.78 is 0.158. The molecule has 6 nitrogen and oxygen atoms in total. The van der Waals surface area contributed by atoms with Crippen LogP contribution < -0.4 is 5.32 Å². The summed E-state index contributed by atoms with van der Waals surface area (Å²) in [6.07, 6.45) is 0. The maximum atomic E-state index is 12.3. The molecule has 0 bridgehead atoms. The fourth-order valence-electron chi connectivity index (χ4n) is 1.84. The molecule has 0 atom stereocenters. The molecule has 0 spiro atoms. The van der Waals surface area contributed by atoms with Gasteiger partial charge in [0.15, 0.2) is 0 Å². The highest BCUT2D eigenvalue weighted by Gasteiger charge is 2.19. The lowest BCUT2D eigenvalue weighted by Crippen LogP contribution is -2.14. The number of halogens is 1. The van der Waals surface area contributed by atoms with E-state index in [1.54, 1.807) is 19.1 Å². The summed E-state index contributed by atoms with van der Waals surface area (Å²) in [7, 11) is 0. The number of amides is 1. The van der Waals surface area contributed by atoms with Crippen molar-refractivity contribution in [3.63, 3.8) is 0 Å². The number of nitrogens with one attached hydrogen (secondary N) is 1. The molecule has 0 saturated carbocycles. The predicted octanol–water partition coefficient (Wildman–Crippen LogP) is 3.62. The number of nitro groups is 1. The van der Waals surface area contributed by atoms with E-state index in [0.717, 1.165) is 5.69 Å². The predicted molar refractivity (Wildman–Crippen MR) is 82.5 cm³/mol. The first-order valence-corrected chi connectivity index (χ1v) is 6.88. The van der Waals surface area contributed by atoms with Crippen molar-refractivity contribution in [1.82, 2.24) is 4.98 Å². The molecule has 0 aliphatic carbocycles. The van der Waals surface area contributed by atoms with Crippen LogP contribution in [0.3, 0.4) is 0 Å². The molecule has 0 aliphatic heterocycles. The number of anilines is 1. The zero-order valence-corrected chi connectivity index (χ0v) is 13.0. The van der Waals surface area contributed by atoms with Crippen LogP contribution >= 0.6 is 15.9 Å². The Bertz CT molecular complexity index is 731. The highest BCUT2D eigenvalue weighted by Crippen LogP contribution is 2.29. The maximum Gasteiger partial charge on any atom is 0.284 e. The van der Waals surface area contributed by atoms with Crippen molar-refractivity contribution < 1.29 is 9.72 Å². The van der Waals surface area contributed by atoms with Crippen molar-refractivity contribution in [1.29, 1.82) is 0 Å². The average molecular weight is 350 g/mol. The van der Waals surface area contributed by atoms with E-state index in [0.29, 0.717) is 11.4 Å². The molecule has 21 heavy (non-hydrogen) atoms. The zero-order chi connectivity index (χ0) is 15.6. The summed E-state index contributed by atoms with van der Waals surface area (Å²) in [6.45, 7) is 3.64. The van der Waals surface area contributed by atoms with Crippen molar-refractivity contribution in [2.45, 2.75) is 13.8 Å². The maximum absolute atomic E-state index is 12.3. The molecule has 108 valence electrons. The molecule has 1 aromatic heterocycles. The summed E-state index contributed by atoms with van der Waals surface area (Å²) in [6, 6.07) is 7.85. The Balaban J connectivity index is 2.33. The van der Waals surface area contributed by atoms with Gasteiger partial charge in [0, 0.05) is 11.8 Å². The van der Waals surface area contributed by atoms with Gasteiger partial charge in [-0.15, -0.1) is 0 Å². The van der Waals surface area contributed by atoms with Gasteiger partial charge in [-0.05, 0) is 48.0 Å². The Hall–Kier alpha value is -2.28. The van der Waals surface area contributed by atoms with Crippen LogP contribution in [-0.2, 0) is 0 Å². The Kier molecular flexibility index (Phi) is 4.32. The van der Waals surface area contributed by atoms with Gasteiger partial charge in [-0.1, -0.05) is 6.07 Å². The van der Waals surface area contributed by atoms with E-state index in [4.69, 9.17) is 0 Å². The highest BCUT2D eigenvalue weighted by atomic mass is 79.9. The zero-order valence-electron chi connectivity index (χ0n) is 11.4. The Morgan fingerprint density at radius 2 is 2.00 bits per heavy atom. The number of carbonyl (C=O) groups excluding carboxylic acids is 1. The summed E-state index contributed by atoms with van der Waals surface area (Å²) >= 11 is 3.11. The lowest BCUT2D eigenvalue weighted by Gasteiger charge is -2.09. The molecule has 1 aromatic carbocycles. The number of nitrogens with zero attached hydrogens (tertiary/aromatic N) is 2. The highest BCUT2D eigenvalue weighted by molar-refractivity contribution is 9.10. The molecule has 1 amide bonds. The SMILES string of the molecule is Cc1ccc(NC(=O)c2cccc([N+](=O)[O-])c2Br)c(C)n1. The van der Waals surface area contributed by atoms with Gasteiger partial charge in [0.25, 0.3) is 11.6 Å².